The molecule has 0 radical (unpaired) electrons. The van der Waals surface area contributed by atoms with Crippen molar-refractivity contribution in [3.05, 3.63) is 10.5 Å². The Morgan fingerprint density at radius 2 is 2.17 bits per heavy atom. The Labute approximate surface area is 77.1 Å². The lowest BCUT2D eigenvalue weighted by Gasteiger charge is -2.03. The first-order chi connectivity index (χ1) is 5.49. The third kappa shape index (κ3) is 3.44. The van der Waals surface area contributed by atoms with Crippen molar-refractivity contribution in [1.29, 1.82) is 5.26 Å². The van der Waals surface area contributed by atoms with Crippen molar-refractivity contribution >= 4 is 18.6 Å². The van der Waals surface area contributed by atoms with Gasteiger partial charge in [-0.3, -0.25) is 0 Å². The van der Waals surface area contributed by atoms with Crippen LogP contribution in [0.25, 0.3) is 0 Å². The largest absolute Gasteiger partial charge is 0.477 e. The van der Waals surface area contributed by atoms with Crippen LogP contribution in [0.4, 0.5) is 0 Å². The summed E-state index contributed by atoms with van der Waals surface area (Å²) in [6.45, 7) is 3.88. The van der Waals surface area contributed by atoms with Gasteiger partial charge in [0.2, 0.25) is 0 Å². The SMILES string of the molecule is CC(C)C/C(S)=C(/C#N)C(=O)O. The normalized spacial score (nSPS) is 12.2. The predicted molar refractivity (Wildman–Crippen MR) is 48.7 cm³/mol. The third-order valence-corrected chi connectivity index (χ3v) is 1.62. The summed E-state index contributed by atoms with van der Waals surface area (Å²) in [7, 11) is 0. The van der Waals surface area contributed by atoms with Crippen molar-refractivity contribution in [2.75, 3.05) is 0 Å². The first kappa shape index (κ1) is 11.1. The number of carboxylic acid groups (broad SMARTS) is 1. The zero-order valence-electron chi connectivity index (χ0n) is 7.03. The van der Waals surface area contributed by atoms with Crippen molar-refractivity contribution in [3.8, 4) is 6.07 Å². The van der Waals surface area contributed by atoms with E-state index in [1.54, 1.807) is 6.07 Å². The van der Waals surface area contributed by atoms with Crippen LogP contribution in [0, 0.1) is 17.2 Å². The smallest absolute Gasteiger partial charge is 0.347 e. The van der Waals surface area contributed by atoms with Crippen LogP contribution in [0.1, 0.15) is 20.3 Å². The molecule has 0 aliphatic heterocycles. The summed E-state index contributed by atoms with van der Waals surface area (Å²) >= 11 is 3.96. The average Bonchev–Trinajstić information content (AvgIpc) is 1.85. The minimum absolute atomic E-state index is 0.257. The number of nitriles is 1. The van der Waals surface area contributed by atoms with Gasteiger partial charge in [0.05, 0.1) is 0 Å². The highest BCUT2D eigenvalue weighted by Crippen LogP contribution is 2.18. The lowest BCUT2D eigenvalue weighted by Crippen LogP contribution is -2.01. The quantitative estimate of drug-likeness (QED) is 0.400. The van der Waals surface area contributed by atoms with E-state index in [1.165, 1.54) is 0 Å². The number of nitrogens with zero attached hydrogens (tertiary/aromatic N) is 1. The maximum absolute atomic E-state index is 10.4. The molecule has 12 heavy (non-hydrogen) atoms. The van der Waals surface area contributed by atoms with E-state index in [-0.39, 0.29) is 5.57 Å². The maximum Gasteiger partial charge on any atom is 0.347 e. The molecule has 66 valence electrons. The predicted octanol–water partition coefficient (Wildman–Crippen LogP) is 1.82. The summed E-state index contributed by atoms with van der Waals surface area (Å²) in [6, 6.07) is 1.61. The van der Waals surface area contributed by atoms with E-state index in [2.05, 4.69) is 12.6 Å². The molecule has 0 heterocycles. The Morgan fingerprint density at radius 1 is 1.67 bits per heavy atom. The Morgan fingerprint density at radius 3 is 2.42 bits per heavy atom. The first-order valence-electron chi connectivity index (χ1n) is 3.54. The molecule has 0 unspecified atom stereocenters. The molecular formula is C8H11NO2S. The maximum atomic E-state index is 10.4. The second kappa shape index (κ2) is 4.83. The van der Waals surface area contributed by atoms with Crippen LogP contribution >= 0.6 is 12.6 Å². The highest BCUT2D eigenvalue weighted by Gasteiger charge is 2.11. The molecule has 0 aliphatic carbocycles. The lowest BCUT2D eigenvalue weighted by molar-refractivity contribution is -0.132. The molecule has 0 atom stereocenters. The standard InChI is InChI=1S/C8H11NO2S/c1-5(2)3-7(12)6(4-9)8(10)11/h5,12H,3H2,1-2H3,(H,10,11)/b7-6+. The number of carbonyl (C=O) groups is 1. The van der Waals surface area contributed by atoms with E-state index in [0.717, 1.165) is 0 Å². The molecule has 0 aromatic rings. The molecule has 0 spiro atoms. The monoisotopic (exact) mass is 185 g/mol. The van der Waals surface area contributed by atoms with Crippen molar-refractivity contribution in [2.24, 2.45) is 5.92 Å². The summed E-state index contributed by atoms with van der Waals surface area (Å²) in [5, 5.41) is 17.0. The molecule has 0 saturated heterocycles. The fourth-order valence-corrected chi connectivity index (χ4v) is 1.24. The van der Waals surface area contributed by atoms with Crippen LogP contribution in [0.3, 0.4) is 0 Å². The Kier molecular flexibility index (Phi) is 4.45. The van der Waals surface area contributed by atoms with Gasteiger partial charge in [0.25, 0.3) is 0 Å². The molecule has 1 N–H and O–H groups in total. The Balaban J connectivity index is 4.64. The van der Waals surface area contributed by atoms with E-state index in [1.807, 2.05) is 13.8 Å². The number of allylic oxidation sites excluding steroid dienone is 1. The van der Waals surface area contributed by atoms with Crippen LogP contribution in [0.5, 0.6) is 0 Å². The van der Waals surface area contributed by atoms with E-state index < -0.39 is 5.97 Å². The third-order valence-electron chi connectivity index (χ3n) is 1.22. The zero-order valence-corrected chi connectivity index (χ0v) is 7.93. The van der Waals surface area contributed by atoms with Crippen LogP contribution in [-0.4, -0.2) is 11.1 Å². The van der Waals surface area contributed by atoms with Gasteiger partial charge in [0, 0.05) is 4.91 Å². The number of hydrogen-bond donors (Lipinski definition) is 2. The number of aliphatic carboxylic acids is 1. The van der Waals surface area contributed by atoms with Gasteiger partial charge < -0.3 is 5.11 Å². The van der Waals surface area contributed by atoms with Gasteiger partial charge in [0.1, 0.15) is 11.6 Å². The Hall–Kier alpha value is -0.950. The molecule has 4 heteroatoms. The summed E-state index contributed by atoms with van der Waals surface area (Å²) < 4.78 is 0. The van der Waals surface area contributed by atoms with E-state index in [4.69, 9.17) is 10.4 Å². The second-order valence-electron chi connectivity index (χ2n) is 2.84. The highest BCUT2D eigenvalue weighted by atomic mass is 32.1. The van der Waals surface area contributed by atoms with E-state index >= 15 is 0 Å². The van der Waals surface area contributed by atoms with Crippen molar-refractivity contribution in [1.82, 2.24) is 0 Å². The minimum atomic E-state index is -1.21. The molecule has 0 bridgehead atoms. The van der Waals surface area contributed by atoms with Crippen LogP contribution in [0.15, 0.2) is 10.5 Å². The van der Waals surface area contributed by atoms with E-state index in [9.17, 15) is 4.79 Å². The Bertz CT molecular complexity index is 250. The van der Waals surface area contributed by atoms with E-state index in [0.29, 0.717) is 17.2 Å². The molecule has 3 nitrogen and oxygen atoms in total. The highest BCUT2D eigenvalue weighted by molar-refractivity contribution is 7.84. The number of rotatable bonds is 3. The van der Waals surface area contributed by atoms with Crippen LogP contribution in [0.2, 0.25) is 0 Å². The zero-order chi connectivity index (χ0) is 9.72. The van der Waals surface area contributed by atoms with Crippen molar-refractivity contribution in [3.63, 3.8) is 0 Å². The number of carboxylic acids is 1. The van der Waals surface area contributed by atoms with Gasteiger partial charge in [-0.05, 0) is 12.3 Å². The van der Waals surface area contributed by atoms with Gasteiger partial charge in [-0.1, -0.05) is 13.8 Å². The van der Waals surface area contributed by atoms with Crippen molar-refractivity contribution < 1.29 is 9.90 Å². The van der Waals surface area contributed by atoms with Gasteiger partial charge in [-0.15, -0.1) is 12.6 Å². The summed E-state index contributed by atoms with van der Waals surface area (Å²) in [6.07, 6.45) is 0.526. The summed E-state index contributed by atoms with van der Waals surface area (Å²) in [4.78, 5) is 10.8. The van der Waals surface area contributed by atoms with Crippen LogP contribution < -0.4 is 0 Å². The second-order valence-corrected chi connectivity index (χ2v) is 3.38. The van der Waals surface area contributed by atoms with Crippen LogP contribution in [-0.2, 0) is 4.79 Å². The number of thiol groups is 1. The molecule has 0 aromatic carbocycles. The number of hydrogen-bond acceptors (Lipinski definition) is 3. The molecule has 0 amide bonds. The molecule has 0 rings (SSSR count). The van der Waals surface area contributed by atoms with Gasteiger partial charge in [-0.25, -0.2) is 4.79 Å². The minimum Gasteiger partial charge on any atom is -0.477 e. The fourth-order valence-electron chi connectivity index (χ4n) is 0.725. The van der Waals surface area contributed by atoms with Gasteiger partial charge >= 0.3 is 5.97 Å². The summed E-state index contributed by atoms with van der Waals surface area (Å²) in [5.41, 5.74) is -0.257. The first-order valence-corrected chi connectivity index (χ1v) is 3.99. The van der Waals surface area contributed by atoms with Crippen molar-refractivity contribution in [2.45, 2.75) is 20.3 Å². The molecule has 0 saturated carbocycles. The topological polar surface area (TPSA) is 61.1 Å². The molecule has 0 aromatic heterocycles. The molecule has 0 aliphatic rings. The molecule has 0 fully saturated rings. The van der Waals surface area contributed by atoms with Gasteiger partial charge in [-0.2, -0.15) is 5.26 Å². The average molecular weight is 185 g/mol. The summed E-state index contributed by atoms with van der Waals surface area (Å²) in [5.74, 6) is -0.900. The van der Waals surface area contributed by atoms with Gasteiger partial charge in [0.15, 0.2) is 0 Å². The molecular weight excluding hydrogens is 174 g/mol. The fraction of sp³-hybridized carbons (Fsp3) is 0.500. The lowest BCUT2D eigenvalue weighted by atomic mass is 10.1.